The molecular weight excluding hydrogens is 460 g/mol. The minimum atomic E-state index is -1.15. The summed E-state index contributed by atoms with van der Waals surface area (Å²) in [5.74, 6) is -2.83. The lowest BCUT2D eigenvalue weighted by Crippen LogP contribution is -2.56. The zero-order valence-electron chi connectivity index (χ0n) is 18.9. The molecule has 0 radical (unpaired) electrons. The Morgan fingerprint density at radius 1 is 1.29 bits per heavy atom. The van der Waals surface area contributed by atoms with Gasteiger partial charge >= 0.3 is 5.97 Å². The lowest BCUT2D eigenvalue weighted by atomic mass is 9.70. The number of likely N-dealkylation sites (tertiary alicyclic amines) is 1. The van der Waals surface area contributed by atoms with Gasteiger partial charge in [-0.25, -0.2) is 0 Å². The van der Waals surface area contributed by atoms with Crippen molar-refractivity contribution in [3.8, 4) is 0 Å². The summed E-state index contributed by atoms with van der Waals surface area (Å²) >= 11 is 6.02. The molecule has 0 saturated carbocycles. The van der Waals surface area contributed by atoms with E-state index in [2.05, 4.69) is 13.2 Å². The molecule has 1 N–H and O–H groups in total. The van der Waals surface area contributed by atoms with Gasteiger partial charge in [-0.15, -0.1) is 13.2 Å². The van der Waals surface area contributed by atoms with Crippen molar-refractivity contribution < 1.29 is 29.0 Å². The van der Waals surface area contributed by atoms with E-state index in [9.17, 15) is 19.5 Å². The standard InChI is InChI=1S/C25H29ClN2O6/c1-3-5-15-33-24(32)19-18-10-11-25(34-18)20(19)22(30)28(13-14-29)21(25)23(31)27(12-4-2)17-8-6-16(26)7-9-17/h3-4,6-9,18-21,29H,1-2,5,10-15H2/t18-,19+,20-,21?,25?/m0/s1. The number of nitrogens with zero attached hydrogens (tertiary/aromatic N) is 2. The Morgan fingerprint density at radius 3 is 2.68 bits per heavy atom. The van der Waals surface area contributed by atoms with Gasteiger partial charge in [-0.2, -0.15) is 0 Å². The number of ether oxygens (including phenoxy) is 2. The molecule has 0 aliphatic carbocycles. The van der Waals surface area contributed by atoms with Crippen molar-refractivity contribution in [3.05, 3.63) is 54.6 Å². The maximum atomic E-state index is 14.0. The molecule has 2 amide bonds. The van der Waals surface area contributed by atoms with Gasteiger partial charge in [-0.1, -0.05) is 23.8 Å². The van der Waals surface area contributed by atoms with Gasteiger partial charge in [0.25, 0.3) is 5.91 Å². The van der Waals surface area contributed by atoms with Crippen molar-refractivity contribution >= 4 is 35.1 Å². The predicted molar refractivity (Wildman–Crippen MR) is 126 cm³/mol. The number of hydrogen-bond donors (Lipinski definition) is 1. The second-order valence-corrected chi connectivity index (χ2v) is 9.21. The summed E-state index contributed by atoms with van der Waals surface area (Å²) in [5, 5.41) is 10.2. The monoisotopic (exact) mass is 488 g/mol. The maximum absolute atomic E-state index is 14.0. The van der Waals surface area contributed by atoms with Crippen LogP contribution in [0.4, 0.5) is 5.69 Å². The van der Waals surface area contributed by atoms with E-state index < -0.39 is 35.6 Å². The molecule has 1 aromatic carbocycles. The van der Waals surface area contributed by atoms with E-state index in [1.165, 1.54) is 9.80 Å². The van der Waals surface area contributed by atoms with Crippen LogP contribution in [0.25, 0.3) is 0 Å². The highest BCUT2D eigenvalue weighted by Crippen LogP contribution is 2.58. The number of β-amino-alcohol motifs (C(OH)–C–C–N with tert-alkyl or cyclic N) is 1. The van der Waals surface area contributed by atoms with Crippen LogP contribution >= 0.6 is 11.6 Å². The summed E-state index contributed by atoms with van der Waals surface area (Å²) in [4.78, 5) is 43.4. The normalized spacial score (nSPS) is 29.1. The number of aliphatic hydroxyl groups is 1. The average molecular weight is 489 g/mol. The van der Waals surface area contributed by atoms with Gasteiger partial charge in [0.2, 0.25) is 5.91 Å². The van der Waals surface area contributed by atoms with E-state index >= 15 is 0 Å². The number of esters is 1. The van der Waals surface area contributed by atoms with E-state index in [-0.39, 0.29) is 38.1 Å². The van der Waals surface area contributed by atoms with E-state index in [0.717, 1.165) is 0 Å². The highest BCUT2D eigenvalue weighted by Gasteiger charge is 2.75. The number of aliphatic hydroxyl groups excluding tert-OH is 1. The third-order valence-corrected chi connectivity index (χ3v) is 7.18. The topological polar surface area (TPSA) is 96.4 Å². The number of hydrogen-bond acceptors (Lipinski definition) is 6. The molecule has 3 aliphatic rings. The van der Waals surface area contributed by atoms with Gasteiger partial charge < -0.3 is 24.4 Å². The fraction of sp³-hybridized carbons (Fsp3) is 0.480. The Bertz CT molecular complexity index is 982. The maximum Gasteiger partial charge on any atom is 0.312 e. The van der Waals surface area contributed by atoms with E-state index in [0.29, 0.717) is 30.0 Å². The van der Waals surface area contributed by atoms with Crippen LogP contribution in [0.5, 0.6) is 0 Å². The number of carbonyl (C=O) groups is 3. The first-order valence-electron chi connectivity index (χ1n) is 11.4. The molecule has 182 valence electrons. The lowest BCUT2D eigenvalue weighted by Gasteiger charge is -2.36. The number of halogens is 1. The van der Waals surface area contributed by atoms with Crippen molar-refractivity contribution in [3.63, 3.8) is 0 Å². The molecule has 5 atom stereocenters. The highest BCUT2D eigenvalue weighted by atomic mass is 35.5. The number of rotatable bonds is 10. The lowest BCUT2D eigenvalue weighted by molar-refractivity contribution is -0.155. The molecule has 34 heavy (non-hydrogen) atoms. The summed E-state index contributed by atoms with van der Waals surface area (Å²) in [6.45, 7) is 7.40. The first kappa shape index (κ1) is 24.4. The smallest absolute Gasteiger partial charge is 0.312 e. The third-order valence-electron chi connectivity index (χ3n) is 6.93. The number of anilines is 1. The van der Waals surface area contributed by atoms with Crippen LogP contribution in [0.1, 0.15) is 19.3 Å². The Kier molecular flexibility index (Phi) is 7.12. The van der Waals surface area contributed by atoms with Gasteiger partial charge in [-0.3, -0.25) is 14.4 Å². The van der Waals surface area contributed by atoms with E-state index in [1.807, 2.05) is 0 Å². The molecule has 3 aliphatic heterocycles. The number of carbonyl (C=O) groups excluding carboxylic acids is 3. The molecule has 3 fully saturated rings. The fourth-order valence-electron chi connectivity index (χ4n) is 5.61. The van der Waals surface area contributed by atoms with Gasteiger partial charge in [0, 0.05) is 23.8 Å². The largest absolute Gasteiger partial charge is 0.465 e. The van der Waals surface area contributed by atoms with Crippen molar-refractivity contribution in [2.45, 2.75) is 37.0 Å². The quantitative estimate of drug-likeness (QED) is 0.308. The Balaban J connectivity index is 1.70. The van der Waals surface area contributed by atoms with Crippen molar-refractivity contribution in [1.29, 1.82) is 0 Å². The van der Waals surface area contributed by atoms with Crippen LogP contribution in [0.3, 0.4) is 0 Å². The highest BCUT2D eigenvalue weighted by molar-refractivity contribution is 6.30. The number of benzene rings is 1. The molecule has 2 bridgehead atoms. The van der Waals surface area contributed by atoms with E-state index in [4.69, 9.17) is 21.1 Å². The van der Waals surface area contributed by atoms with Crippen LogP contribution in [0.2, 0.25) is 5.02 Å². The van der Waals surface area contributed by atoms with Gasteiger partial charge in [0.1, 0.15) is 11.6 Å². The molecule has 8 nitrogen and oxygen atoms in total. The Hall–Kier alpha value is -2.68. The van der Waals surface area contributed by atoms with Crippen LogP contribution in [-0.4, -0.2) is 71.8 Å². The molecule has 1 spiro atoms. The van der Waals surface area contributed by atoms with Crippen LogP contribution < -0.4 is 4.90 Å². The van der Waals surface area contributed by atoms with Crippen molar-refractivity contribution in [1.82, 2.24) is 4.90 Å². The summed E-state index contributed by atoms with van der Waals surface area (Å²) in [6.07, 6.45) is 4.27. The summed E-state index contributed by atoms with van der Waals surface area (Å²) in [6, 6.07) is 5.82. The van der Waals surface area contributed by atoms with Gasteiger partial charge in [0.15, 0.2) is 0 Å². The van der Waals surface area contributed by atoms with Crippen LogP contribution in [0.15, 0.2) is 49.6 Å². The Morgan fingerprint density at radius 2 is 2.03 bits per heavy atom. The van der Waals surface area contributed by atoms with Gasteiger partial charge in [0.05, 0.1) is 31.2 Å². The SMILES string of the molecule is C=CCCOC(=O)[C@@H]1[C@@H]2CCC3(O2)C(C(=O)N(CC=C)c2ccc(Cl)cc2)N(CCO)C(=O)[C@H]13. The zero-order valence-corrected chi connectivity index (χ0v) is 19.7. The second-order valence-electron chi connectivity index (χ2n) is 8.77. The number of fused-ring (bicyclic) bond motifs is 1. The fourth-order valence-corrected chi connectivity index (χ4v) is 5.73. The summed E-state index contributed by atoms with van der Waals surface area (Å²) in [7, 11) is 0. The summed E-state index contributed by atoms with van der Waals surface area (Å²) in [5.41, 5.74) is -0.555. The van der Waals surface area contributed by atoms with Crippen LogP contribution in [0, 0.1) is 11.8 Å². The first-order chi connectivity index (χ1) is 16.4. The van der Waals surface area contributed by atoms with Crippen molar-refractivity contribution in [2.75, 3.05) is 31.2 Å². The summed E-state index contributed by atoms with van der Waals surface area (Å²) < 4.78 is 11.7. The minimum Gasteiger partial charge on any atom is -0.465 e. The molecule has 3 heterocycles. The molecule has 2 unspecified atom stereocenters. The molecule has 9 heteroatoms. The van der Waals surface area contributed by atoms with Crippen molar-refractivity contribution in [2.24, 2.45) is 11.8 Å². The molecule has 3 saturated heterocycles. The third kappa shape index (κ3) is 3.93. The van der Waals surface area contributed by atoms with Crippen LogP contribution in [-0.2, 0) is 23.9 Å². The molecule has 4 rings (SSSR count). The average Bonchev–Trinajstić information content (AvgIpc) is 3.46. The minimum absolute atomic E-state index is 0.0394. The molecular formula is C25H29ClN2O6. The zero-order chi connectivity index (χ0) is 24.5. The molecule has 0 aromatic heterocycles. The van der Waals surface area contributed by atoms with E-state index in [1.54, 1.807) is 36.4 Å². The number of amides is 2. The first-order valence-corrected chi connectivity index (χ1v) is 11.8. The Labute approximate surface area is 203 Å². The molecule has 1 aromatic rings. The second kappa shape index (κ2) is 9.90. The predicted octanol–water partition coefficient (Wildman–Crippen LogP) is 2.35. The van der Waals surface area contributed by atoms with Gasteiger partial charge in [-0.05, 0) is 43.5 Å².